The summed E-state index contributed by atoms with van der Waals surface area (Å²) in [5, 5.41) is 7.54. The van der Waals surface area contributed by atoms with Gasteiger partial charge < -0.3 is 14.5 Å². The number of H-pyrrole nitrogens is 2. The van der Waals surface area contributed by atoms with Crippen molar-refractivity contribution in [3.8, 4) is 45.4 Å². The molecular weight excluding hydrogens is 523 g/mol. The molecule has 0 unspecified atom stereocenters. The standard InChI is InChI=1S/C30H27FN8O2/c1-40-22-12-19(14-32-15-22)24-4-5-25-28(34-24)29(38-37-25)30-35-26-17-33-16-23(27(26)36-30)18-10-20(31)13-21(11-18)41-9-8-39-6-2-3-7-39/h4-5,10-17H,2-3,6-9H2,1H3,(H,35,36)(H,37,38). The number of benzene rings is 1. The fourth-order valence-corrected chi connectivity index (χ4v) is 5.25. The first-order chi connectivity index (χ1) is 20.1. The molecule has 6 heterocycles. The number of rotatable bonds is 8. The quantitative estimate of drug-likeness (QED) is 0.264. The minimum atomic E-state index is -0.381. The fourth-order valence-electron chi connectivity index (χ4n) is 5.25. The van der Waals surface area contributed by atoms with Crippen molar-refractivity contribution < 1.29 is 13.9 Å². The number of aromatic amines is 2. The van der Waals surface area contributed by atoms with Crippen molar-refractivity contribution in [1.29, 1.82) is 0 Å². The lowest BCUT2D eigenvalue weighted by Crippen LogP contribution is -2.25. The van der Waals surface area contributed by atoms with Crippen LogP contribution in [-0.4, -0.2) is 73.4 Å². The molecule has 1 aliphatic heterocycles. The molecule has 0 radical (unpaired) electrons. The predicted octanol–water partition coefficient (Wildman–Crippen LogP) is 5.25. The van der Waals surface area contributed by atoms with Gasteiger partial charge >= 0.3 is 0 Å². The van der Waals surface area contributed by atoms with Crippen molar-refractivity contribution in [3.63, 3.8) is 0 Å². The van der Waals surface area contributed by atoms with E-state index in [2.05, 4.69) is 30.0 Å². The number of aromatic nitrogens is 7. The molecule has 0 amide bonds. The number of hydrogen-bond donors (Lipinski definition) is 2. The van der Waals surface area contributed by atoms with Crippen molar-refractivity contribution in [3.05, 3.63) is 67.0 Å². The molecule has 7 rings (SSSR count). The number of hydrogen-bond acceptors (Lipinski definition) is 8. The average molecular weight is 551 g/mol. The molecule has 5 aromatic heterocycles. The molecule has 2 N–H and O–H groups in total. The normalized spacial score (nSPS) is 13.8. The van der Waals surface area contributed by atoms with Crippen molar-refractivity contribution in [2.45, 2.75) is 12.8 Å². The number of imidazole rings is 1. The molecule has 41 heavy (non-hydrogen) atoms. The van der Waals surface area contributed by atoms with Gasteiger partial charge in [-0.25, -0.2) is 14.4 Å². The number of halogens is 1. The first kappa shape index (κ1) is 25.1. The van der Waals surface area contributed by atoms with Crippen LogP contribution in [0.3, 0.4) is 0 Å². The van der Waals surface area contributed by atoms with Crippen molar-refractivity contribution in [1.82, 2.24) is 40.0 Å². The van der Waals surface area contributed by atoms with Crippen LogP contribution in [0.15, 0.2) is 61.2 Å². The monoisotopic (exact) mass is 550 g/mol. The second-order valence-corrected chi connectivity index (χ2v) is 10.0. The summed E-state index contributed by atoms with van der Waals surface area (Å²) in [4.78, 5) is 24.0. The lowest BCUT2D eigenvalue weighted by molar-refractivity contribution is 0.237. The molecular formula is C30H27FN8O2. The van der Waals surface area contributed by atoms with Crippen LogP contribution in [0.25, 0.3) is 56.0 Å². The van der Waals surface area contributed by atoms with Crippen LogP contribution < -0.4 is 9.47 Å². The predicted molar refractivity (Wildman–Crippen MR) is 153 cm³/mol. The molecule has 11 heteroatoms. The van der Waals surface area contributed by atoms with E-state index < -0.39 is 0 Å². The van der Waals surface area contributed by atoms with Crippen molar-refractivity contribution in [2.75, 3.05) is 33.4 Å². The number of nitrogens with zero attached hydrogens (tertiary/aromatic N) is 6. The Bertz CT molecular complexity index is 1860. The van der Waals surface area contributed by atoms with Crippen LogP contribution in [-0.2, 0) is 0 Å². The Labute approximate surface area is 234 Å². The highest BCUT2D eigenvalue weighted by Gasteiger charge is 2.18. The number of fused-ring (bicyclic) bond motifs is 2. The van der Waals surface area contributed by atoms with Crippen LogP contribution in [0, 0.1) is 5.82 Å². The van der Waals surface area contributed by atoms with Gasteiger partial charge in [-0.2, -0.15) is 5.10 Å². The fraction of sp³-hybridized carbons (Fsp3) is 0.233. The summed E-state index contributed by atoms with van der Waals surface area (Å²) in [7, 11) is 1.60. The van der Waals surface area contributed by atoms with E-state index in [0.29, 0.717) is 57.3 Å². The summed E-state index contributed by atoms with van der Waals surface area (Å²) < 4.78 is 25.9. The lowest BCUT2D eigenvalue weighted by Gasteiger charge is -2.15. The largest absolute Gasteiger partial charge is 0.495 e. The molecule has 1 aromatic carbocycles. The van der Waals surface area contributed by atoms with E-state index in [1.54, 1.807) is 31.9 Å². The zero-order valence-corrected chi connectivity index (χ0v) is 22.4. The molecule has 206 valence electrons. The molecule has 0 aliphatic carbocycles. The Morgan fingerprint density at radius 2 is 1.73 bits per heavy atom. The SMILES string of the molecule is COc1cncc(-c2ccc3[nH]nc(-c4nc5c(-c6cc(F)cc(OCCN7CCCC7)c6)cncc5[nH]4)c3n2)c1. The number of likely N-dealkylation sites (tertiary alicyclic amines) is 1. The number of pyridine rings is 3. The third-order valence-corrected chi connectivity index (χ3v) is 7.33. The van der Waals surface area contributed by atoms with Gasteiger partial charge in [0.1, 0.15) is 29.4 Å². The number of methoxy groups -OCH3 is 1. The summed E-state index contributed by atoms with van der Waals surface area (Å²) in [6.07, 6.45) is 9.20. The molecule has 1 fully saturated rings. The second kappa shape index (κ2) is 10.6. The highest BCUT2D eigenvalue weighted by molar-refractivity contribution is 5.96. The van der Waals surface area contributed by atoms with E-state index in [0.717, 1.165) is 36.4 Å². The topological polar surface area (TPSA) is 118 Å². The Morgan fingerprint density at radius 3 is 2.61 bits per heavy atom. The Kier molecular flexibility index (Phi) is 6.48. The third kappa shape index (κ3) is 4.95. The Balaban J connectivity index is 1.23. The van der Waals surface area contributed by atoms with Gasteiger partial charge in [-0.3, -0.25) is 20.0 Å². The molecule has 10 nitrogen and oxygen atoms in total. The zero-order chi connectivity index (χ0) is 27.8. The summed E-state index contributed by atoms with van der Waals surface area (Å²) in [6.45, 7) is 3.51. The maximum atomic E-state index is 14.7. The van der Waals surface area contributed by atoms with Gasteiger partial charge in [0.05, 0.1) is 41.7 Å². The first-order valence-corrected chi connectivity index (χ1v) is 13.5. The van der Waals surface area contributed by atoms with E-state index in [-0.39, 0.29) is 5.82 Å². The van der Waals surface area contributed by atoms with Crippen molar-refractivity contribution >= 4 is 22.1 Å². The van der Waals surface area contributed by atoms with Crippen LogP contribution in [0.4, 0.5) is 4.39 Å². The molecule has 1 saturated heterocycles. The molecule has 6 aromatic rings. The number of ether oxygens (including phenoxy) is 2. The smallest absolute Gasteiger partial charge is 0.161 e. The van der Waals surface area contributed by atoms with Crippen LogP contribution in [0.2, 0.25) is 0 Å². The molecule has 1 aliphatic rings. The van der Waals surface area contributed by atoms with Gasteiger partial charge in [-0.15, -0.1) is 0 Å². The maximum absolute atomic E-state index is 14.7. The highest BCUT2D eigenvalue weighted by atomic mass is 19.1. The van der Waals surface area contributed by atoms with E-state index in [1.807, 2.05) is 24.3 Å². The van der Waals surface area contributed by atoms with Crippen LogP contribution >= 0.6 is 0 Å². The Hall–Kier alpha value is -4.90. The van der Waals surface area contributed by atoms with Gasteiger partial charge in [0, 0.05) is 36.1 Å². The molecule has 0 atom stereocenters. The number of nitrogens with one attached hydrogen (secondary N) is 2. The van der Waals surface area contributed by atoms with Gasteiger partial charge in [0.25, 0.3) is 0 Å². The van der Waals surface area contributed by atoms with Crippen LogP contribution in [0.1, 0.15) is 12.8 Å². The Morgan fingerprint density at radius 1 is 0.878 bits per heavy atom. The molecule has 0 saturated carbocycles. The van der Waals surface area contributed by atoms with Gasteiger partial charge in [0.15, 0.2) is 11.5 Å². The second-order valence-electron chi connectivity index (χ2n) is 10.0. The minimum absolute atomic E-state index is 0.381. The van der Waals surface area contributed by atoms with E-state index >= 15 is 0 Å². The summed E-state index contributed by atoms with van der Waals surface area (Å²) in [6, 6.07) is 10.4. The van der Waals surface area contributed by atoms with E-state index in [9.17, 15) is 4.39 Å². The molecule has 0 bridgehead atoms. The van der Waals surface area contributed by atoms with Gasteiger partial charge in [-0.05, 0) is 61.8 Å². The van der Waals surface area contributed by atoms with Gasteiger partial charge in [0.2, 0.25) is 0 Å². The van der Waals surface area contributed by atoms with Gasteiger partial charge in [-0.1, -0.05) is 0 Å². The van der Waals surface area contributed by atoms with Crippen molar-refractivity contribution in [2.24, 2.45) is 0 Å². The van der Waals surface area contributed by atoms with E-state index in [4.69, 9.17) is 19.4 Å². The average Bonchev–Trinajstić information content (AvgIpc) is 3.76. The summed E-state index contributed by atoms with van der Waals surface area (Å²) >= 11 is 0. The van der Waals surface area contributed by atoms with Crippen LogP contribution in [0.5, 0.6) is 11.5 Å². The zero-order valence-electron chi connectivity index (χ0n) is 22.4. The minimum Gasteiger partial charge on any atom is -0.495 e. The third-order valence-electron chi connectivity index (χ3n) is 7.33. The summed E-state index contributed by atoms with van der Waals surface area (Å²) in [5.74, 6) is 1.27. The first-order valence-electron chi connectivity index (χ1n) is 13.5. The highest BCUT2D eigenvalue weighted by Crippen LogP contribution is 2.33. The van der Waals surface area contributed by atoms with E-state index in [1.165, 1.54) is 25.0 Å². The lowest BCUT2D eigenvalue weighted by atomic mass is 10.1. The maximum Gasteiger partial charge on any atom is 0.161 e. The molecule has 0 spiro atoms. The summed E-state index contributed by atoms with van der Waals surface area (Å²) in [5.41, 5.74) is 6.18.